The normalized spacial score (nSPS) is 12.8. The van der Waals surface area contributed by atoms with Gasteiger partial charge >= 0.3 is 0 Å². The monoisotopic (exact) mass is 600 g/mol. The zero-order valence-corrected chi connectivity index (χ0v) is 25.2. The number of aryl methyl sites for hydroxylation is 1. The van der Waals surface area contributed by atoms with Gasteiger partial charge in [0.25, 0.3) is 0 Å². The van der Waals surface area contributed by atoms with Crippen LogP contribution in [-0.4, -0.2) is 9.13 Å². The smallest absolute Gasteiger partial charge is 0.160 e. The van der Waals surface area contributed by atoms with Gasteiger partial charge in [-0.05, 0) is 66.4 Å². The summed E-state index contributed by atoms with van der Waals surface area (Å²) in [6, 6.07) is 42.0. The lowest BCUT2D eigenvalue weighted by molar-refractivity contribution is 0.671. The van der Waals surface area contributed by atoms with E-state index in [0.717, 1.165) is 73.0 Å². The van der Waals surface area contributed by atoms with Gasteiger partial charge in [-0.3, -0.25) is 0 Å². The van der Waals surface area contributed by atoms with Crippen LogP contribution < -0.4 is 0 Å². The molecule has 0 atom stereocenters. The van der Waals surface area contributed by atoms with E-state index >= 15 is 0 Å². The minimum atomic E-state index is 0.471. The Morgan fingerprint density at radius 3 is 2.04 bits per heavy atom. The van der Waals surface area contributed by atoms with Crippen LogP contribution in [0.15, 0.2) is 120 Å². The second-order valence-electron chi connectivity index (χ2n) is 12.2. The van der Waals surface area contributed by atoms with Crippen LogP contribution in [0, 0.1) is 22.7 Å². The van der Waals surface area contributed by atoms with E-state index in [2.05, 4.69) is 94.1 Å². The molecule has 5 heteroatoms. The fourth-order valence-electron chi connectivity index (χ4n) is 7.85. The molecular weight excluding hydrogens is 576 g/mol. The van der Waals surface area contributed by atoms with E-state index in [0.29, 0.717) is 22.5 Å². The molecule has 0 bridgehead atoms. The molecule has 3 aromatic heterocycles. The summed E-state index contributed by atoms with van der Waals surface area (Å²) >= 11 is 0. The zero-order valence-electron chi connectivity index (χ0n) is 25.2. The highest BCUT2D eigenvalue weighted by molar-refractivity contribution is 6.21. The minimum absolute atomic E-state index is 0.471. The topological polar surface area (TPSA) is 70.6 Å². The Kier molecular flexibility index (Phi) is 5.19. The number of nitrogens with zero attached hydrogens (tertiary/aromatic N) is 4. The molecule has 3 heterocycles. The number of hydrogen-bond acceptors (Lipinski definition) is 3. The summed E-state index contributed by atoms with van der Waals surface area (Å²) in [6.45, 7) is 0. The van der Waals surface area contributed by atoms with Crippen molar-refractivity contribution in [2.75, 3.05) is 0 Å². The average molecular weight is 601 g/mol. The van der Waals surface area contributed by atoms with Gasteiger partial charge < -0.3 is 13.6 Å². The first-order valence-electron chi connectivity index (χ1n) is 15.8. The first kappa shape index (κ1) is 25.7. The highest BCUT2D eigenvalue weighted by atomic mass is 16.3. The first-order valence-corrected chi connectivity index (χ1v) is 15.8. The molecule has 0 aliphatic heterocycles. The Hall–Kier alpha value is -6.56. The molecular formula is C42H24N4O. The largest absolute Gasteiger partial charge is 0.454 e. The van der Waals surface area contributed by atoms with Gasteiger partial charge in [-0.1, -0.05) is 78.9 Å². The predicted molar refractivity (Wildman–Crippen MR) is 189 cm³/mol. The fourth-order valence-corrected chi connectivity index (χ4v) is 7.85. The minimum Gasteiger partial charge on any atom is -0.454 e. The molecule has 1 aliphatic rings. The number of furan rings is 1. The number of nitriles is 2. The summed E-state index contributed by atoms with van der Waals surface area (Å²) in [6.07, 6.45) is 6.51. The van der Waals surface area contributed by atoms with Gasteiger partial charge in [0.05, 0.1) is 44.6 Å². The highest BCUT2D eigenvalue weighted by Crippen LogP contribution is 2.43. The van der Waals surface area contributed by atoms with Gasteiger partial charge in [0.1, 0.15) is 17.7 Å². The number of fused-ring (bicyclic) bond motifs is 12. The highest BCUT2D eigenvalue weighted by Gasteiger charge is 2.24. The quantitative estimate of drug-likeness (QED) is 0.198. The summed E-state index contributed by atoms with van der Waals surface area (Å²) < 4.78 is 10.8. The molecule has 5 nitrogen and oxygen atoms in total. The lowest BCUT2D eigenvalue weighted by atomic mass is 9.93. The molecule has 1 aliphatic carbocycles. The van der Waals surface area contributed by atoms with Crippen molar-refractivity contribution in [3.05, 3.63) is 138 Å². The van der Waals surface area contributed by atoms with E-state index in [-0.39, 0.29) is 0 Å². The molecule has 10 rings (SSSR count). The number of rotatable bonds is 2. The van der Waals surface area contributed by atoms with Crippen LogP contribution in [0.5, 0.6) is 0 Å². The molecule has 9 aromatic rings. The second-order valence-corrected chi connectivity index (χ2v) is 12.2. The number of allylic oxidation sites excluding steroid dienone is 1. The Balaban J connectivity index is 1.32. The molecule has 0 saturated heterocycles. The van der Waals surface area contributed by atoms with Crippen molar-refractivity contribution in [3.63, 3.8) is 0 Å². The van der Waals surface area contributed by atoms with Crippen LogP contribution in [0.1, 0.15) is 28.7 Å². The molecule has 0 unspecified atom stereocenters. The van der Waals surface area contributed by atoms with Gasteiger partial charge in [0.15, 0.2) is 5.58 Å². The number of hydrogen-bond donors (Lipinski definition) is 0. The Morgan fingerprint density at radius 1 is 0.596 bits per heavy atom. The van der Waals surface area contributed by atoms with E-state index in [1.54, 1.807) is 0 Å². The van der Waals surface area contributed by atoms with Gasteiger partial charge in [0, 0.05) is 32.3 Å². The molecule has 0 saturated carbocycles. The molecule has 0 radical (unpaired) electrons. The fraction of sp³-hybridized carbons (Fsp3) is 0.0476. The van der Waals surface area contributed by atoms with Crippen LogP contribution in [0.25, 0.3) is 83.0 Å². The molecule has 0 amide bonds. The van der Waals surface area contributed by atoms with Crippen molar-refractivity contribution in [1.29, 1.82) is 10.5 Å². The van der Waals surface area contributed by atoms with Crippen molar-refractivity contribution < 1.29 is 4.42 Å². The van der Waals surface area contributed by atoms with E-state index in [1.165, 1.54) is 16.5 Å². The van der Waals surface area contributed by atoms with Crippen LogP contribution in [-0.2, 0) is 6.42 Å². The predicted octanol–water partition coefficient (Wildman–Crippen LogP) is 10.5. The van der Waals surface area contributed by atoms with Crippen molar-refractivity contribution in [3.8, 4) is 23.5 Å². The summed E-state index contributed by atoms with van der Waals surface area (Å²) in [5, 5.41) is 28.0. The van der Waals surface area contributed by atoms with Crippen LogP contribution in [0.4, 0.5) is 0 Å². The molecule has 0 N–H and O–H groups in total. The molecule has 218 valence electrons. The first-order chi connectivity index (χ1) is 23.2. The Morgan fingerprint density at radius 2 is 1.26 bits per heavy atom. The number of para-hydroxylation sites is 3. The number of benzene rings is 6. The third-order valence-electron chi connectivity index (χ3n) is 9.85. The summed E-state index contributed by atoms with van der Waals surface area (Å²) in [5.74, 6) is 0. The summed E-state index contributed by atoms with van der Waals surface area (Å²) in [4.78, 5) is 0. The average Bonchev–Trinajstić information content (AvgIpc) is 3.79. The van der Waals surface area contributed by atoms with Gasteiger partial charge in [-0.15, -0.1) is 0 Å². The molecule has 47 heavy (non-hydrogen) atoms. The standard InChI is InChI=1S/C42H24N4O/c43-23-26-22-38(46-34-14-6-3-11-29(34)31-18-19-32-30-12-5-8-16-39(30)47-42(32)41(31)46)27(24-44)21-37(26)45-35-15-7-4-13-33(35)40-28-10-2-1-9-25(28)17-20-36(40)45/h2-8,10-22H,1,9H2. The lowest BCUT2D eigenvalue weighted by Crippen LogP contribution is -2.04. The third kappa shape index (κ3) is 3.40. The zero-order chi connectivity index (χ0) is 31.2. The van der Waals surface area contributed by atoms with Gasteiger partial charge in [-0.2, -0.15) is 10.5 Å². The van der Waals surface area contributed by atoms with Crippen LogP contribution in [0.3, 0.4) is 0 Å². The van der Waals surface area contributed by atoms with Crippen LogP contribution >= 0.6 is 0 Å². The third-order valence-corrected chi connectivity index (χ3v) is 9.85. The molecule has 6 aromatic carbocycles. The van der Waals surface area contributed by atoms with E-state index < -0.39 is 0 Å². The maximum atomic E-state index is 10.8. The summed E-state index contributed by atoms with van der Waals surface area (Å²) in [5.41, 5.74) is 10.3. The van der Waals surface area contributed by atoms with E-state index in [4.69, 9.17) is 4.42 Å². The van der Waals surface area contributed by atoms with Crippen molar-refractivity contribution >= 4 is 71.6 Å². The lowest BCUT2D eigenvalue weighted by Gasteiger charge is -2.16. The van der Waals surface area contributed by atoms with Crippen LogP contribution in [0.2, 0.25) is 0 Å². The molecule has 0 fully saturated rings. The summed E-state index contributed by atoms with van der Waals surface area (Å²) in [7, 11) is 0. The molecule has 0 spiro atoms. The second kappa shape index (κ2) is 9.47. The Labute approximate surface area is 269 Å². The van der Waals surface area contributed by atoms with Gasteiger partial charge in [-0.25, -0.2) is 0 Å². The number of aromatic nitrogens is 2. The van der Waals surface area contributed by atoms with E-state index in [1.807, 2.05) is 48.5 Å². The van der Waals surface area contributed by atoms with E-state index in [9.17, 15) is 10.5 Å². The van der Waals surface area contributed by atoms with Crippen molar-refractivity contribution in [1.82, 2.24) is 9.13 Å². The Bertz CT molecular complexity index is 2930. The maximum Gasteiger partial charge on any atom is 0.160 e. The van der Waals surface area contributed by atoms with Gasteiger partial charge in [0.2, 0.25) is 0 Å². The maximum absolute atomic E-state index is 10.8. The SMILES string of the molecule is N#Cc1cc(-n2c3ccccc3c3ccc4c5ccccc5oc4c32)c(C#N)cc1-n1c2ccccc2c2c3c(ccc21)CCC=C3. The van der Waals surface area contributed by atoms with Crippen molar-refractivity contribution in [2.24, 2.45) is 0 Å². The van der Waals surface area contributed by atoms with Crippen molar-refractivity contribution in [2.45, 2.75) is 12.8 Å².